The molecule has 0 unspecified atom stereocenters. The normalized spacial score (nSPS) is 16.5. The highest BCUT2D eigenvalue weighted by Gasteiger charge is 2.18. The molecule has 0 atom stereocenters. The summed E-state index contributed by atoms with van der Waals surface area (Å²) >= 11 is 0. The van der Waals surface area contributed by atoms with Crippen LogP contribution in [0, 0.1) is 19.8 Å². The Hall–Kier alpha value is -0.770. The van der Waals surface area contributed by atoms with E-state index in [0.29, 0.717) is 0 Å². The van der Waals surface area contributed by atoms with Gasteiger partial charge in [-0.3, -0.25) is 4.90 Å². The Bertz CT molecular complexity index is 417. The molecule has 1 aromatic carbocycles. The van der Waals surface area contributed by atoms with E-state index in [2.05, 4.69) is 42.3 Å². The summed E-state index contributed by atoms with van der Waals surface area (Å²) in [6.07, 6.45) is 2.62. The van der Waals surface area contributed by atoms with Crippen LogP contribution in [0.4, 0.5) is 0 Å². The first-order valence-electron chi connectivity index (χ1n) is 7.76. The minimum Gasteiger partial charge on any atom is -0.492 e. The first-order valence-corrected chi connectivity index (χ1v) is 7.76. The fraction of sp³-hybridized carbons (Fsp3) is 0.647. The molecule has 0 aliphatic carbocycles. The van der Waals surface area contributed by atoms with Crippen LogP contribution in [0.1, 0.15) is 24.0 Å². The third-order valence-corrected chi connectivity index (χ3v) is 4.21. The molecule has 1 N–H and O–H groups in total. The van der Waals surface area contributed by atoms with Crippen LogP contribution < -0.4 is 10.1 Å². The van der Waals surface area contributed by atoms with Crippen molar-refractivity contribution in [1.29, 1.82) is 0 Å². The zero-order chi connectivity index (χ0) is 14.4. The van der Waals surface area contributed by atoms with Gasteiger partial charge < -0.3 is 10.1 Å². The number of nitrogens with one attached hydrogen (secondary N) is 1. The summed E-state index contributed by atoms with van der Waals surface area (Å²) in [4.78, 5) is 2.53. The number of aryl methyl sites for hydroxylation is 2. The van der Waals surface area contributed by atoms with Gasteiger partial charge in [0, 0.05) is 6.54 Å². The summed E-state index contributed by atoms with van der Waals surface area (Å²) in [6, 6.07) is 6.40. The smallest absolute Gasteiger partial charge is 0.122 e. The van der Waals surface area contributed by atoms with E-state index in [-0.39, 0.29) is 12.4 Å². The molecule has 21 heavy (non-hydrogen) atoms. The highest BCUT2D eigenvalue weighted by Crippen LogP contribution is 2.20. The molecule has 1 saturated heterocycles. The van der Waals surface area contributed by atoms with E-state index < -0.39 is 0 Å². The number of nitrogens with zero attached hydrogens (tertiary/aromatic N) is 1. The lowest BCUT2D eigenvalue weighted by Gasteiger charge is -2.31. The maximum absolute atomic E-state index is 5.94. The Morgan fingerprint density at radius 1 is 1.24 bits per heavy atom. The second-order valence-electron chi connectivity index (χ2n) is 5.96. The van der Waals surface area contributed by atoms with Crippen LogP contribution in [0.2, 0.25) is 0 Å². The van der Waals surface area contributed by atoms with E-state index in [9.17, 15) is 0 Å². The molecule has 0 bridgehead atoms. The van der Waals surface area contributed by atoms with Gasteiger partial charge in [0.2, 0.25) is 0 Å². The van der Waals surface area contributed by atoms with Crippen molar-refractivity contribution in [2.75, 3.05) is 39.8 Å². The SMILES string of the molecule is CNCC1CCN(CCOc2cc(C)ccc2C)CC1.Cl. The zero-order valence-electron chi connectivity index (χ0n) is 13.5. The van der Waals surface area contributed by atoms with E-state index in [1.807, 2.05) is 7.05 Å². The summed E-state index contributed by atoms with van der Waals surface area (Å²) in [5.41, 5.74) is 2.49. The lowest BCUT2D eigenvalue weighted by Crippen LogP contribution is -2.38. The minimum absolute atomic E-state index is 0. The predicted octanol–water partition coefficient (Wildman–Crippen LogP) is 3.04. The third-order valence-electron chi connectivity index (χ3n) is 4.21. The van der Waals surface area contributed by atoms with E-state index in [0.717, 1.165) is 31.4 Å². The monoisotopic (exact) mass is 312 g/mol. The van der Waals surface area contributed by atoms with Gasteiger partial charge in [0.05, 0.1) is 0 Å². The van der Waals surface area contributed by atoms with Gasteiger partial charge in [-0.2, -0.15) is 0 Å². The van der Waals surface area contributed by atoms with E-state index in [4.69, 9.17) is 4.74 Å². The number of benzene rings is 1. The molecule has 4 heteroatoms. The highest BCUT2D eigenvalue weighted by atomic mass is 35.5. The summed E-state index contributed by atoms with van der Waals surface area (Å²) in [7, 11) is 2.05. The van der Waals surface area contributed by atoms with Crippen molar-refractivity contribution >= 4 is 12.4 Å². The van der Waals surface area contributed by atoms with Gasteiger partial charge in [0.25, 0.3) is 0 Å². The van der Waals surface area contributed by atoms with Crippen molar-refractivity contribution in [1.82, 2.24) is 10.2 Å². The largest absolute Gasteiger partial charge is 0.492 e. The summed E-state index contributed by atoms with van der Waals surface area (Å²) in [6.45, 7) is 9.63. The maximum Gasteiger partial charge on any atom is 0.122 e. The van der Waals surface area contributed by atoms with Crippen molar-refractivity contribution < 1.29 is 4.74 Å². The number of hydrogen-bond acceptors (Lipinski definition) is 3. The molecule has 1 aliphatic rings. The molecule has 1 aliphatic heterocycles. The van der Waals surface area contributed by atoms with E-state index >= 15 is 0 Å². The molecule has 1 fully saturated rings. The quantitative estimate of drug-likeness (QED) is 0.874. The molecule has 0 saturated carbocycles. The molecule has 120 valence electrons. The van der Waals surface area contributed by atoms with Gasteiger partial charge in [-0.15, -0.1) is 12.4 Å². The van der Waals surface area contributed by atoms with Crippen molar-refractivity contribution in [2.45, 2.75) is 26.7 Å². The zero-order valence-corrected chi connectivity index (χ0v) is 14.3. The summed E-state index contributed by atoms with van der Waals surface area (Å²) < 4.78 is 5.94. The van der Waals surface area contributed by atoms with E-state index in [1.165, 1.54) is 37.1 Å². The number of halogens is 1. The number of likely N-dealkylation sites (tertiary alicyclic amines) is 1. The molecule has 0 amide bonds. The lowest BCUT2D eigenvalue weighted by atomic mass is 9.97. The minimum atomic E-state index is 0. The standard InChI is InChI=1S/C17H28N2O.ClH/c1-14-4-5-15(2)17(12-14)20-11-10-19-8-6-16(7-9-19)13-18-3;/h4-5,12,16,18H,6-11,13H2,1-3H3;1H. The maximum atomic E-state index is 5.94. The summed E-state index contributed by atoms with van der Waals surface area (Å²) in [5, 5.41) is 3.29. The van der Waals surface area contributed by atoms with Gasteiger partial charge in [-0.1, -0.05) is 12.1 Å². The Labute approximate surface area is 135 Å². The molecular formula is C17H29ClN2O. The fourth-order valence-electron chi connectivity index (χ4n) is 2.85. The number of piperidine rings is 1. The molecule has 0 radical (unpaired) electrons. The van der Waals surface area contributed by atoms with Gasteiger partial charge in [-0.05, 0) is 76.5 Å². The van der Waals surface area contributed by atoms with Crippen LogP contribution in [0.15, 0.2) is 18.2 Å². The van der Waals surface area contributed by atoms with Crippen LogP contribution >= 0.6 is 12.4 Å². The number of hydrogen-bond donors (Lipinski definition) is 1. The van der Waals surface area contributed by atoms with Crippen LogP contribution in [0.25, 0.3) is 0 Å². The highest BCUT2D eigenvalue weighted by molar-refractivity contribution is 5.85. The molecule has 0 spiro atoms. The van der Waals surface area contributed by atoms with Gasteiger partial charge in [-0.25, -0.2) is 0 Å². The lowest BCUT2D eigenvalue weighted by molar-refractivity contribution is 0.154. The average Bonchev–Trinajstić information content (AvgIpc) is 2.45. The van der Waals surface area contributed by atoms with Crippen molar-refractivity contribution in [3.63, 3.8) is 0 Å². The molecule has 1 aromatic rings. The van der Waals surface area contributed by atoms with Gasteiger partial charge in [0.15, 0.2) is 0 Å². The number of rotatable bonds is 6. The third kappa shape index (κ3) is 5.85. The molecule has 2 rings (SSSR count). The van der Waals surface area contributed by atoms with Gasteiger partial charge >= 0.3 is 0 Å². The Kier molecular flexibility index (Phi) is 8.09. The first kappa shape index (κ1) is 18.3. The molecule has 0 aromatic heterocycles. The van der Waals surface area contributed by atoms with Crippen molar-refractivity contribution in [2.24, 2.45) is 5.92 Å². The second-order valence-corrected chi connectivity index (χ2v) is 5.96. The Balaban J connectivity index is 0.00000220. The van der Waals surface area contributed by atoms with Crippen LogP contribution in [-0.4, -0.2) is 44.7 Å². The topological polar surface area (TPSA) is 24.5 Å². The Morgan fingerprint density at radius 3 is 2.62 bits per heavy atom. The number of ether oxygens (including phenoxy) is 1. The predicted molar refractivity (Wildman–Crippen MR) is 91.7 cm³/mol. The van der Waals surface area contributed by atoms with Crippen LogP contribution in [0.5, 0.6) is 5.75 Å². The van der Waals surface area contributed by atoms with Gasteiger partial charge in [0.1, 0.15) is 12.4 Å². The fourth-order valence-corrected chi connectivity index (χ4v) is 2.85. The second kappa shape index (κ2) is 9.29. The van der Waals surface area contributed by atoms with Crippen molar-refractivity contribution in [3.8, 4) is 5.75 Å². The Morgan fingerprint density at radius 2 is 1.95 bits per heavy atom. The molecular weight excluding hydrogens is 284 g/mol. The van der Waals surface area contributed by atoms with Crippen LogP contribution in [-0.2, 0) is 0 Å². The molecule has 3 nitrogen and oxygen atoms in total. The summed E-state index contributed by atoms with van der Waals surface area (Å²) in [5.74, 6) is 1.89. The van der Waals surface area contributed by atoms with Crippen molar-refractivity contribution in [3.05, 3.63) is 29.3 Å². The van der Waals surface area contributed by atoms with E-state index in [1.54, 1.807) is 0 Å². The molecule has 1 heterocycles. The first-order chi connectivity index (χ1) is 9.69. The average molecular weight is 313 g/mol. The van der Waals surface area contributed by atoms with Crippen LogP contribution in [0.3, 0.4) is 0 Å².